The molecule has 0 saturated carbocycles. The van der Waals surface area contributed by atoms with Crippen molar-refractivity contribution in [3.63, 3.8) is 0 Å². The highest BCUT2D eigenvalue weighted by atomic mass is 16.5. The van der Waals surface area contributed by atoms with E-state index in [2.05, 4.69) is 10.1 Å². The molecule has 1 heterocycles. The van der Waals surface area contributed by atoms with Gasteiger partial charge in [0.1, 0.15) is 0 Å². The number of anilines is 1. The summed E-state index contributed by atoms with van der Waals surface area (Å²) in [6.07, 6.45) is 0. The van der Waals surface area contributed by atoms with Crippen molar-refractivity contribution in [1.82, 2.24) is 10.1 Å². The average Bonchev–Trinajstić information content (AvgIpc) is 2.30. The van der Waals surface area contributed by atoms with Gasteiger partial charge in [-0.2, -0.15) is 4.98 Å². The highest BCUT2D eigenvalue weighted by Crippen LogP contribution is 2.16. The monoisotopic (exact) mass is 170 g/mol. The number of hydrogen-bond donors (Lipinski definition) is 1. The molecule has 0 atom stereocenters. The van der Waals surface area contributed by atoms with Crippen LogP contribution >= 0.6 is 0 Å². The van der Waals surface area contributed by atoms with Crippen LogP contribution in [0.15, 0.2) is 4.52 Å². The molecule has 5 heteroatoms. The van der Waals surface area contributed by atoms with Crippen LogP contribution in [0.3, 0.4) is 0 Å². The number of hydrogen-bond acceptors (Lipinski definition) is 5. The summed E-state index contributed by atoms with van der Waals surface area (Å²) in [5.41, 5.74) is 5.19. The molecule has 0 unspecified atom stereocenters. The van der Waals surface area contributed by atoms with Crippen LogP contribution in [0.2, 0.25) is 0 Å². The third-order valence-corrected chi connectivity index (χ3v) is 1.37. The Morgan fingerprint density at radius 1 is 1.42 bits per heavy atom. The van der Waals surface area contributed by atoms with Crippen molar-refractivity contribution in [2.24, 2.45) is 5.73 Å². The molecule has 0 fully saturated rings. The van der Waals surface area contributed by atoms with Gasteiger partial charge in [-0.25, -0.2) is 0 Å². The van der Waals surface area contributed by atoms with Gasteiger partial charge in [-0.1, -0.05) is 0 Å². The van der Waals surface area contributed by atoms with Crippen molar-refractivity contribution < 1.29 is 4.52 Å². The summed E-state index contributed by atoms with van der Waals surface area (Å²) in [6, 6.07) is 0. The third kappa shape index (κ3) is 1.73. The van der Waals surface area contributed by atoms with Gasteiger partial charge in [0.15, 0.2) is 0 Å². The summed E-state index contributed by atoms with van der Waals surface area (Å²) in [7, 11) is 3.69. The molecule has 0 amide bonds. The van der Waals surface area contributed by atoms with Gasteiger partial charge in [-0.15, -0.1) is 0 Å². The molecule has 1 rings (SSSR count). The second kappa shape index (κ2) is 2.75. The van der Waals surface area contributed by atoms with Crippen molar-refractivity contribution in [2.75, 3.05) is 19.0 Å². The summed E-state index contributed by atoms with van der Waals surface area (Å²) < 4.78 is 4.96. The first-order valence-corrected chi connectivity index (χ1v) is 3.71. The summed E-state index contributed by atoms with van der Waals surface area (Å²) in [5.74, 6) is 0.995. The largest absolute Gasteiger partial charge is 0.344 e. The fraction of sp³-hybridized carbons (Fsp3) is 0.714. The maximum absolute atomic E-state index is 5.76. The highest BCUT2D eigenvalue weighted by Gasteiger charge is 2.22. The highest BCUT2D eigenvalue weighted by molar-refractivity contribution is 5.24. The molecular weight excluding hydrogens is 156 g/mol. The maximum Gasteiger partial charge on any atom is 0.265 e. The number of nitrogens with two attached hydrogens (primary N) is 1. The van der Waals surface area contributed by atoms with Crippen LogP contribution in [-0.4, -0.2) is 24.2 Å². The topological polar surface area (TPSA) is 68.2 Å². The Bertz CT molecular complexity index is 261. The van der Waals surface area contributed by atoms with E-state index >= 15 is 0 Å². The molecular formula is C7H14N4O. The molecule has 12 heavy (non-hydrogen) atoms. The van der Waals surface area contributed by atoms with E-state index in [0.29, 0.717) is 11.8 Å². The van der Waals surface area contributed by atoms with Crippen LogP contribution in [-0.2, 0) is 5.54 Å². The molecule has 0 saturated heterocycles. The number of rotatable bonds is 2. The van der Waals surface area contributed by atoms with Gasteiger partial charge in [0, 0.05) is 14.1 Å². The first kappa shape index (κ1) is 8.99. The molecule has 1 aromatic heterocycles. The molecule has 68 valence electrons. The first-order valence-electron chi connectivity index (χ1n) is 3.71. The lowest BCUT2D eigenvalue weighted by Crippen LogP contribution is -2.29. The normalized spacial score (nSPS) is 11.8. The van der Waals surface area contributed by atoms with E-state index in [4.69, 9.17) is 10.3 Å². The van der Waals surface area contributed by atoms with E-state index in [1.165, 1.54) is 0 Å². The van der Waals surface area contributed by atoms with Gasteiger partial charge in [-0.3, -0.25) is 0 Å². The average molecular weight is 170 g/mol. The van der Waals surface area contributed by atoms with Gasteiger partial charge >= 0.3 is 0 Å². The fourth-order valence-corrected chi connectivity index (χ4v) is 0.659. The van der Waals surface area contributed by atoms with E-state index in [1.807, 2.05) is 27.9 Å². The molecule has 2 N–H and O–H groups in total. The zero-order valence-corrected chi connectivity index (χ0v) is 7.83. The quantitative estimate of drug-likeness (QED) is 0.692. The smallest absolute Gasteiger partial charge is 0.265 e. The zero-order chi connectivity index (χ0) is 9.35. The Morgan fingerprint density at radius 3 is 2.25 bits per heavy atom. The summed E-state index contributed by atoms with van der Waals surface area (Å²) in [5, 5.41) is 3.74. The van der Waals surface area contributed by atoms with E-state index in [9.17, 15) is 0 Å². The van der Waals surface area contributed by atoms with Crippen LogP contribution in [0, 0.1) is 0 Å². The minimum atomic E-state index is -0.568. The van der Waals surface area contributed by atoms with Gasteiger partial charge < -0.3 is 15.2 Å². The SMILES string of the molecule is CN(C)c1noc(C(C)(C)N)n1. The lowest BCUT2D eigenvalue weighted by Gasteiger charge is -2.11. The van der Waals surface area contributed by atoms with Crippen molar-refractivity contribution >= 4 is 5.95 Å². The minimum absolute atomic E-state index is 0.450. The van der Waals surface area contributed by atoms with Crippen LogP contribution in [0.4, 0.5) is 5.95 Å². The number of aromatic nitrogens is 2. The predicted molar refractivity (Wildman–Crippen MR) is 45.8 cm³/mol. The predicted octanol–water partition coefficient (Wildman–Crippen LogP) is 0.329. The van der Waals surface area contributed by atoms with Crippen molar-refractivity contribution in [1.29, 1.82) is 0 Å². The maximum atomic E-state index is 5.76. The molecule has 0 radical (unpaired) electrons. The van der Waals surface area contributed by atoms with Crippen LogP contribution in [0.5, 0.6) is 0 Å². The van der Waals surface area contributed by atoms with E-state index < -0.39 is 5.54 Å². The Labute approximate surface area is 71.5 Å². The van der Waals surface area contributed by atoms with E-state index in [0.717, 1.165) is 0 Å². The second-order valence-corrected chi connectivity index (χ2v) is 3.52. The third-order valence-electron chi connectivity index (χ3n) is 1.37. The zero-order valence-electron chi connectivity index (χ0n) is 7.83. The van der Waals surface area contributed by atoms with E-state index in [1.54, 1.807) is 4.90 Å². The van der Waals surface area contributed by atoms with Gasteiger partial charge in [0.25, 0.3) is 5.95 Å². The Morgan fingerprint density at radius 2 is 2.00 bits per heavy atom. The standard InChI is InChI=1S/C7H14N4O/c1-7(2,8)5-9-6(10-12-5)11(3)4/h8H2,1-4H3. The van der Waals surface area contributed by atoms with Crippen LogP contribution < -0.4 is 10.6 Å². The van der Waals surface area contributed by atoms with Crippen molar-refractivity contribution in [2.45, 2.75) is 19.4 Å². The van der Waals surface area contributed by atoms with Crippen molar-refractivity contribution in [3.05, 3.63) is 5.89 Å². The molecule has 0 aromatic carbocycles. The second-order valence-electron chi connectivity index (χ2n) is 3.52. The minimum Gasteiger partial charge on any atom is -0.344 e. The summed E-state index contributed by atoms with van der Waals surface area (Å²) in [4.78, 5) is 5.87. The van der Waals surface area contributed by atoms with Crippen LogP contribution in [0.25, 0.3) is 0 Å². The van der Waals surface area contributed by atoms with E-state index in [-0.39, 0.29) is 0 Å². The lowest BCUT2D eigenvalue weighted by molar-refractivity contribution is 0.312. The molecule has 0 aliphatic carbocycles. The summed E-state index contributed by atoms with van der Waals surface area (Å²) >= 11 is 0. The van der Waals surface area contributed by atoms with Crippen LogP contribution in [0.1, 0.15) is 19.7 Å². The Hall–Kier alpha value is -1.10. The Balaban J connectivity index is 2.92. The molecule has 0 bridgehead atoms. The fourth-order valence-electron chi connectivity index (χ4n) is 0.659. The van der Waals surface area contributed by atoms with Gasteiger partial charge in [-0.05, 0) is 19.0 Å². The first-order chi connectivity index (χ1) is 5.41. The van der Waals surface area contributed by atoms with Gasteiger partial charge in [0.2, 0.25) is 5.89 Å². The van der Waals surface area contributed by atoms with Gasteiger partial charge in [0.05, 0.1) is 5.54 Å². The Kier molecular flexibility index (Phi) is 2.06. The molecule has 0 aliphatic rings. The lowest BCUT2D eigenvalue weighted by atomic mass is 10.1. The molecule has 1 aromatic rings. The van der Waals surface area contributed by atoms with Crippen molar-refractivity contribution in [3.8, 4) is 0 Å². The molecule has 0 aliphatic heterocycles. The molecule has 5 nitrogen and oxygen atoms in total. The molecule has 0 spiro atoms. The number of nitrogens with zero attached hydrogens (tertiary/aromatic N) is 3. The summed E-state index contributed by atoms with van der Waals surface area (Å²) in [6.45, 7) is 3.64.